The van der Waals surface area contributed by atoms with Crippen LogP contribution >= 0.6 is 0 Å². The minimum Gasteiger partial charge on any atom is -0.374 e. The number of rotatable bonds is 4. The van der Waals surface area contributed by atoms with Crippen LogP contribution in [-0.4, -0.2) is 23.8 Å². The van der Waals surface area contributed by atoms with Crippen molar-refractivity contribution in [3.63, 3.8) is 0 Å². The number of aliphatic hydroxyl groups is 1. The first kappa shape index (κ1) is 17.2. The van der Waals surface area contributed by atoms with E-state index in [2.05, 4.69) is 0 Å². The largest absolute Gasteiger partial charge is 0.374 e. The molecule has 0 aliphatic carbocycles. The van der Waals surface area contributed by atoms with Crippen molar-refractivity contribution in [2.24, 2.45) is 0 Å². The molecule has 0 radical (unpaired) electrons. The zero-order valence-corrected chi connectivity index (χ0v) is 14.9. The normalized spacial score (nSPS) is 19.6. The summed E-state index contributed by atoms with van der Waals surface area (Å²) in [6.07, 6.45) is 0. The van der Waals surface area contributed by atoms with Gasteiger partial charge in [0, 0.05) is 18.2 Å². The lowest BCUT2D eigenvalue weighted by molar-refractivity contribution is -0.137. The third-order valence-electron chi connectivity index (χ3n) is 5.18. The smallest absolute Gasteiger partial charge is 0.264 e. The maximum absolute atomic E-state index is 13.5. The van der Waals surface area contributed by atoms with Crippen LogP contribution in [0.5, 0.6) is 0 Å². The average molecular weight is 357 g/mol. The number of benzene rings is 3. The van der Waals surface area contributed by atoms with Crippen LogP contribution in [0, 0.1) is 0 Å². The number of likely N-dealkylation sites (N-methyl/N-ethyl adjacent to an activating group) is 1. The van der Waals surface area contributed by atoms with Crippen molar-refractivity contribution in [3.05, 3.63) is 102 Å². The molecule has 0 bridgehead atoms. The molecule has 0 saturated heterocycles. The Kier molecular flexibility index (Phi) is 4.13. The molecule has 0 saturated carbocycles. The Morgan fingerprint density at radius 3 is 2.11 bits per heavy atom. The van der Waals surface area contributed by atoms with Crippen molar-refractivity contribution >= 4 is 17.4 Å². The van der Waals surface area contributed by atoms with Crippen molar-refractivity contribution in [2.45, 2.75) is 11.5 Å². The lowest BCUT2D eigenvalue weighted by atomic mass is 9.74. The molecule has 0 fully saturated rings. The van der Waals surface area contributed by atoms with Gasteiger partial charge in [-0.1, -0.05) is 78.9 Å². The predicted molar refractivity (Wildman–Crippen MR) is 104 cm³/mol. The van der Waals surface area contributed by atoms with E-state index >= 15 is 0 Å². The van der Waals surface area contributed by atoms with Gasteiger partial charge in [0.2, 0.25) is 0 Å². The molecule has 1 heterocycles. The molecule has 0 spiro atoms. The number of Topliss-reactive ketones (excluding diaryl/α,β-unsaturated/α-hetero) is 1. The molecule has 1 aliphatic rings. The Bertz CT molecular complexity index is 1000. The summed E-state index contributed by atoms with van der Waals surface area (Å²) in [6.45, 7) is 0. The number of hydrogen-bond donors (Lipinski definition) is 1. The Hall–Kier alpha value is -3.24. The predicted octanol–water partition coefficient (Wildman–Crippen LogP) is 3.52. The molecule has 1 aliphatic heterocycles. The second-order valence-corrected chi connectivity index (χ2v) is 6.72. The van der Waals surface area contributed by atoms with E-state index in [9.17, 15) is 14.7 Å². The molecular weight excluding hydrogens is 338 g/mol. The first-order valence-electron chi connectivity index (χ1n) is 8.79. The molecule has 4 heteroatoms. The second kappa shape index (κ2) is 6.49. The quantitative estimate of drug-likeness (QED) is 0.727. The molecule has 2 atom stereocenters. The monoisotopic (exact) mass is 357 g/mol. The molecule has 4 nitrogen and oxygen atoms in total. The maximum Gasteiger partial charge on any atom is 0.264 e. The van der Waals surface area contributed by atoms with Crippen LogP contribution < -0.4 is 4.90 Å². The van der Waals surface area contributed by atoms with Crippen LogP contribution in [-0.2, 0) is 10.4 Å². The zero-order chi connectivity index (χ0) is 19.0. The van der Waals surface area contributed by atoms with Crippen LogP contribution in [0.1, 0.15) is 27.4 Å². The number of anilines is 1. The molecule has 27 heavy (non-hydrogen) atoms. The fourth-order valence-corrected chi connectivity index (χ4v) is 3.84. The summed E-state index contributed by atoms with van der Waals surface area (Å²) < 4.78 is 0. The summed E-state index contributed by atoms with van der Waals surface area (Å²) in [5.41, 5.74) is 0.175. The first-order chi connectivity index (χ1) is 13.0. The highest BCUT2D eigenvalue weighted by atomic mass is 16.3. The summed E-state index contributed by atoms with van der Waals surface area (Å²) in [4.78, 5) is 28.0. The fraction of sp³-hybridized carbons (Fsp3) is 0.130. The third-order valence-corrected chi connectivity index (χ3v) is 5.18. The highest BCUT2D eigenvalue weighted by Gasteiger charge is 2.56. The third kappa shape index (κ3) is 2.57. The van der Waals surface area contributed by atoms with E-state index in [0.29, 0.717) is 22.4 Å². The summed E-state index contributed by atoms with van der Waals surface area (Å²) in [6, 6.07) is 24.9. The van der Waals surface area contributed by atoms with Gasteiger partial charge < -0.3 is 10.0 Å². The van der Waals surface area contributed by atoms with Crippen molar-refractivity contribution < 1.29 is 14.7 Å². The van der Waals surface area contributed by atoms with Crippen LogP contribution in [0.15, 0.2) is 84.9 Å². The van der Waals surface area contributed by atoms with Crippen LogP contribution in [0.2, 0.25) is 0 Å². The van der Waals surface area contributed by atoms with Gasteiger partial charge in [0.05, 0.1) is 11.6 Å². The van der Waals surface area contributed by atoms with Gasteiger partial charge in [0.1, 0.15) is 0 Å². The molecule has 134 valence electrons. The second-order valence-electron chi connectivity index (χ2n) is 6.72. The molecule has 3 aromatic rings. The average Bonchev–Trinajstić information content (AvgIpc) is 2.92. The van der Waals surface area contributed by atoms with Gasteiger partial charge in [-0.15, -0.1) is 0 Å². The SMILES string of the molecule is CN1C(=O)[C@](O)([C@@H](C(=O)c2ccccc2)c2ccccc2)c2ccccc21. The van der Waals surface area contributed by atoms with E-state index in [4.69, 9.17) is 0 Å². The highest BCUT2D eigenvalue weighted by molar-refractivity contribution is 6.13. The number of para-hydroxylation sites is 1. The fourth-order valence-electron chi connectivity index (χ4n) is 3.84. The van der Waals surface area contributed by atoms with Gasteiger partial charge in [-0.2, -0.15) is 0 Å². The van der Waals surface area contributed by atoms with Crippen molar-refractivity contribution in [2.75, 3.05) is 11.9 Å². The Balaban J connectivity index is 1.94. The van der Waals surface area contributed by atoms with Crippen LogP contribution in [0.4, 0.5) is 5.69 Å². The first-order valence-corrected chi connectivity index (χ1v) is 8.79. The number of carbonyl (C=O) groups is 2. The standard InChI is InChI=1S/C23H19NO3/c1-24-19-15-9-8-14-18(19)23(27,22(24)26)20(16-10-4-2-5-11-16)21(25)17-12-6-3-7-13-17/h2-15,20,27H,1H3/t20-,23-/m1/s1. The topological polar surface area (TPSA) is 57.6 Å². The van der Waals surface area contributed by atoms with E-state index in [1.807, 2.05) is 18.2 Å². The van der Waals surface area contributed by atoms with Gasteiger partial charge in [-0.25, -0.2) is 0 Å². The molecule has 1 N–H and O–H groups in total. The van der Waals surface area contributed by atoms with E-state index in [0.717, 1.165) is 0 Å². The summed E-state index contributed by atoms with van der Waals surface area (Å²) >= 11 is 0. The van der Waals surface area contributed by atoms with Crippen LogP contribution in [0.3, 0.4) is 0 Å². The van der Waals surface area contributed by atoms with Gasteiger partial charge in [0.15, 0.2) is 11.4 Å². The van der Waals surface area contributed by atoms with Gasteiger partial charge in [-0.3, -0.25) is 9.59 Å². The number of fused-ring (bicyclic) bond motifs is 1. The Morgan fingerprint density at radius 2 is 1.44 bits per heavy atom. The van der Waals surface area contributed by atoms with Crippen molar-refractivity contribution in [1.29, 1.82) is 0 Å². The zero-order valence-electron chi connectivity index (χ0n) is 14.9. The van der Waals surface area contributed by atoms with Crippen molar-refractivity contribution in [1.82, 2.24) is 0 Å². The lowest BCUT2D eigenvalue weighted by Crippen LogP contribution is -2.46. The minimum atomic E-state index is -1.96. The molecule has 0 aromatic heterocycles. The number of amides is 1. The molecule has 0 unspecified atom stereocenters. The van der Waals surface area contributed by atoms with E-state index < -0.39 is 17.4 Å². The van der Waals surface area contributed by atoms with Crippen molar-refractivity contribution in [3.8, 4) is 0 Å². The number of hydrogen-bond acceptors (Lipinski definition) is 3. The number of nitrogens with zero attached hydrogens (tertiary/aromatic N) is 1. The number of ketones is 1. The Labute approximate surface area is 157 Å². The molecular formula is C23H19NO3. The number of carbonyl (C=O) groups excluding carboxylic acids is 2. The Morgan fingerprint density at radius 1 is 0.889 bits per heavy atom. The van der Waals surface area contributed by atoms with E-state index in [-0.39, 0.29) is 5.78 Å². The minimum absolute atomic E-state index is 0.289. The summed E-state index contributed by atoms with van der Waals surface area (Å²) in [5.74, 6) is -1.83. The maximum atomic E-state index is 13.5. The summed E-state index contributed by atoms with van der Waals surface area (Å²) in [5, 5.41) is 11.7. The molecule has 3 aromatic carbocycles. The van der Waals surface area contributed by atoms with Crippen LogP contribution in [0.25, 0.3) is 0 Å². The summed E-state index contributed by atoms with van der Waals surface area (Å²) in [7, 11) is 1.62. The van der Waals surface area contributed by atoms with E-state index in [1.54, 1.807) is 73.8 Å². The van der Waals surface area contributed by atoms with Gasteiger partial charge >= 0.3 is 0 Å². The van der Waals surface area contributed by atoms with E-state index in [1.165, 1.54) is 4.90 Å². The van der Waals surface area contributed by atoms with Gasteiger partial charge in [-0.05, 0) is 11.6 Å². The highest BCUT2D eigenvalue weighted by Crippen LogP contribution is 2.48. The van der Waals surface area contributed by atoms with Gasteiger partial charge in [0.25, 0.3) is 5.91 Å². The molecule has 1 amide bonds. The molecule has 4 rings (SSSR count). The lowest BCUT2D eigenvalue weighted by Gasteiger charge is -2.31.